The molecular weight excluding hydrogens is 424 g/mol. The van der Waals surface area contributed by atoms with Crippen molar-refractivity contribution in [3.8, 4) is 11.4 Å². The Kier molecular flexibility index (Phi) is 6.21. The summed E-state index contributed by atoms with van der Waals surface area (Å²) in [5.74, 6) is 1.09. The summed E-state index contributed by atoms with van der Waals surface area (Å²) in [5, 5.41) is 8.75. The van der Waals surface area contributed by atoms with Crippen LogP contribution in [0.4, 0.5) is 5.69 Å². The highest BCUT2D eigenvalue weighted by atomic mass is 35.5. The lowest BCUT2D eigenvalue weighted by atomic mass is 9.87. The molecule has 0 atom stereocenters. The Labute approximate surface area is 182 Å². The van der Waals surface area contributed by atoms with Crippen LogP contribution in [0.25, 0.3) is 11.4 Å². The molecule has 0 fully saturated rings. The molecule has 0 amide bonds. The van der Waals surface area contributed by atoms with Gasteiger partial charge in [0.25, 0.3) is 10.0 Å². The first kappa shape index (κ1) is 22.3. The molecule has 0 aliphatic rings. The molecule has 0 saturated heterocycles. The first-order valence-electron chi connectivity index (χ1n) is 9.33. The highest BCUT2D eigenvalue weighted by Gasteiger charge is 2.21. The first-order chi connectivity index (χ1) is 14.0. The molecule has 3 aromatic rings. The van der Waals surface area contributed by atoms with E-state index in [-0.39, 0.29) is 16.9 Å². The van der Waals surface area contributed by atoms with Crippen molar-refractivity contribution in [3.63, 3.8) is 0 Å². The van der Waals surface area contributed by atoms with Crippen molar-refractivity contribution in [1.29, 1.82) is 0 Å². The summed E-state index contributed by atoms with van der Waals surface area (Å²) in [7, 11) is -0.457. The topological polar surface area (TPSA) is 86.1 Å². The molecule has 7 nitrogen and oxygen atoms in total. The van der Waals surface area contributed by atoms with E-state index in [0.29, 0.717) is 27.9 Å². The van der Waals surface area contributed by atoms with E-state index in [9.17, 15) is 8.42 Å². The van der Waals surface area contributed by atoms with Gasteiger partial charge in [0.05, 0.1) is 10.6 Å². The van der Waals surface area contributed by atoms with Gasteiger partial charge in [-0.05, 0) is 41.3 Å². The van der Waals surface area contributed by atoms with E-state index in [1.165, 1.54) is 0 Å². The molecule has 30 heavy (non-hydrogen) atoms. The zero-order valence-corrected chi connectivity index (χ0v) is 19.2. The minimum atomic E-state index is -3.81. The predicted octanol–water partition coefficient (Wildman–Crippen LogP) is 4.38. The van der Waals surface area contributed by atoms with E-state index in [2.05, 4.69) is 35.7 Å². The van der Waals surface area contributed by atoms with Gasteiger partial charge in [-0.2, -0.15) is 0 Å². The Morgan fingerprint density at radius 3 is 2.37 bits per heavy atom. The Morgan fingerprint density at radius 2 is 1.77 bits per heavy atom. The van der Waals surface area contributed by atoms with Crippen LogP contribution >= 0.6 is 11.6 Å². The molecule has 9 heteroatoms. The summed E-state index contributed by atoms with van der Waals surface area (Å²) >= 11 is 6.18. The molecule has 0 unspecified atom stereocenters. The Hall–Kier alpha value is -2.42. The molecule has 2 aromatic carbocycles. The minimum absolute atomic E-state index is 0.0653. The highest BCUT2D eigenvalue weighted by Crippen LogP contribution is 2.32. The molecule has 160 valence electrons. The van der Waals surface area contributed by atoms with Crippen molar-refractivity contribution in [1.82, 2.24) is 14.8 Å². The molecule has 0 saturated carbocycles. The number of rotatable bonds is 6. The number of ether oxygens (including phenoxy) is 1. The molecule has 0 spiro atoms. The third-order valence-corrected chi connectivity index (χ3v) is 6.35. The average Bonchev–Trinajstić information content (AvgIpc) is 3.03. The van der Waals surface area contributed by atoms with Crippen molar-refractivity contribution in [3.05, 3.63) is 58.9 Å². The van der Waals surface area contributed by atoms with Gasteiger partial charge in [-0.1, -0.05) is 44.5 Å². The lowest BCUT2D eigenvalue weighted by molar-refractivity contribution is 0.175. The fourth-order valence-electron chi connectivity index (χ4n) is 2.98. The largest absolute Gasteiger partial charge is 0.377 e. The highest BCUT2D eigenvalue weighted by molar-refractivity contribution is 7.92. The number of hydrogen-bond donors (Lipinski definition) is 1. The van der Waals surface area contributed by atoms with Crippen molar-refractivity contribution in [2.75, 3.05) is 11.8 Å². The number of aromatic nitrogens is 3. The van der Waals surface area contributed by atoms with Gasteiger partial charge in [0.2, 0.25) is 0 Å². The van der Waals surface area contributed by atoms with Crippen LogP contribution in [0.15, 0.2) is 47.4 Å². The van der Waals surface area contributed by atoms with Gasteiger partial charge in [-0.25, -0.2) is 8.42 Å². The average molecular weight is 449 g/mol. The van der Waals surface area contributed by atoms with Crippen LogP contribution in [0.2, 0.25) is 5.02 Å². The number of halogens is 1. The maximum atomic E-state index is 13.0. The summed E-state index contributed by atoms with van der Waals surface area (Å²) in [6.07, 6.45) is 0. The maximum Gasteiger partial charge on any atom is 0.261 e. The quantitative estimate of drug-likeness (QED) is 0.604. The van der Waals surface area contributed by atoms with Crippen LogP contribution in [-0.2, 0) is 33.8 Å². The molecule has 1 heterocycles. The number of benzene rings is 2. The lowest BCUT2D eigenvalue weighted by Crippen LogP contribution is -2.15. The van der Waals surface area contributed by atoms with Gasteiger partial charge in [-0.15, -0.1) is 10.2 Å². The van der Waals surface area contributed by atoms with E-state index in [4.69, 9.17) is 16.3 Å². The smallest absolute Gasteiger partial charge is 0.261 e. The fourth-order valence-corrected chi connectivity index (χ4v) is 4.23. The number of nitrogens with one attached hydrogen (secondary N) is 1. The van der Waals surface area contributed by atoms with Crippen molar-refractivity contribution in [2.24, 2.45) is 7.05 Å². The second kappa shape index (κ2) is 8.37. The molecule has 0 aliphatic carbocycles. The van der Waals surface area contributed by atoms with E-state index >= 15 is 0 Å². The maximum absolute atomic E-state index is 13.0. The second-order valence-electron chi connectivity index (χ2n) is 8.00. The predicted molar refractivity (Wildman–Crippen MR) is 118 cm³/mol. The monoisotopic (exact) mass is 448 g/mol. The summed E-state index contributed by atoms with van der Waals surface area (Å²) in [4.78, 5) is 0.175. The molecule has 0 bridgehead atoms. The Morgan fingerprint density at radius 1 is 1.10 bits per heavy atom. The molecule has 1 N–H and O–H groups in total. The number of nitrogens with zero attached hydrogens (tertiary/aromatic N) is 3. The van der Waals surface area contributed by atoms with Gasteiger partial charge in [0, 0.05) is 24.7 Å². The first-order valence-corrected chi connectivity index (χ1v) is 11.2. The van der Waals surface area contributed by atoms with Crippen LogP contribution in [0.1, 0.15) is 32.2 Å². The van der Waals surface area contributed by atoms with Crippen molar-refractivity contribution >= 4 is 27.3 Å². The summed E-state index contributed by atoms with van der Waals surface area (Å²) < 4.78 is 35.6. The van der Waals surface area contributed by atoms with Gasteiger partial charge in [0.1, 0.15) is 6.61 Å². The molecule has 3 rings (SSSR count). The van der Waals surface area contributed by atoms with E-state index < -0.39 is 10.0 Å². The normalized spacial score (nSPS) is 12.2. The van der Waals surface area contributed by atoms with Crippen molar-refractivity contribution in [2.45, 2.75) is 37.7 Å². The fraction of sp³-hybridized carbons (Fsp3) is 0.333. The van der Waals surface area contributed by atoms with Crippen LogP contribution in [-0.4, -0.2) is 30.3 Å². The number of sulfonamides is 1. The lowest BCUT2D eigenvalue weighted by Gasteiger charge is -2.19. The Bertz CT molecular complexity index is 1150. The zero-order valence-electron chi connectivity index (χ0n) is 17.6. The third-order valence-electron chi connectivity index (χ3n) is 4.74. The van der Waals surface area contributed by atoms with Crippen molar-refractivity contribution < 1.29 is 13.2 Å². The van der Waals surface area contributed by atoms with Crippen LogP contribution in [0, 0.1) is 0 Å². The number of anilines is 1. The van der Waals surface area contributed by atoms with E-state index in [0.717, 1.165) is 5.56 Å². The Balaban J connectivity index is 1.99. The summed E-state index contributed by atoms with van der Waals surface area (Å²) in [6.45, 7) is 6.51. The third kappa shape index (κ3) is 4.66. The molecule has 0 aliphatic heterocycles. The zero-order chi connectivity index (χ0) is 22.1. The van der Waals surface area contributed by atoms with Crippen LogP contribution < -0.4 is 4.72 Å². The summed E-state index contributed by atoms with van der Waals surface area (Å²) in [5.41, 5.74) is 1.87. The standard InChI is InChI=1S/C21H25ClN4O3S/c1-21(2,3)14-6-9-16(10-7-14)30(27,28)25-18-11-8-15(22)12-17(18)20-24-23-19(13-29-5)26(20)4/h6-12,25H,13H2,1-5H3. The second-order valence-corrected chi connectivity index (χ2v) is 10.1. The number of methoxy groups -OCH3 is 1. The molecule has 0 radical (unpaired) electrons. The van der Waals surface area contributed by atoms with Gasteiger partial charge >= 0.3 is 0 Å². The van der Waals surface area contributed by atoms with E-state index in [1.54, 1.807) is 49.1 Å². The van der Waals surface area contributed by atoms with E-state index in [1.807, 2.05) is 12.1 Å². The molecular formula is C21H25ClN4O3S. The van der Waals surface area contributed by atoms with Gasteiger partial charge < -0.3 is 9.30 Å². The van der Waals surface area contributed by atoms with Gasteiger partial charge in [0.15, 0.2) is 11.6 Å². The van der Waals surface area contributed by atoms with Gasteiger partial charge in [-0.3, -0.25) is 4.72 Å². The SMILES string of the molecule is COCc1nnc(-c2cc(Cl)ccc2NS(=O)(=O)c2ccc(C(C)(C)C)cc2)n1C. The summed E-state index contributed by atoms with van der Waals surface area (Å²) in [6, 6.07) is 11.8. The number of hydrogen-bond acceptors (Lipinski definition) is 5. The van der Waals surface area contributed by atoms with Crippen LogP contribution in [0.3, 0.4) is 0 Å². The minimum Gasteiger partial charge on any atom is -0.377 e. The molecule has 1 aromatic heterocycles. The van der Waals surface area contributed by atoms with Crippen LogP contribution in [0.5, 0.6) is 0 Å².